The molecule has 0 amide bonds. The molecule has 0 spiro atoms. The van der Waals surface area contributed by atoms with Crippen LogP contribution in [-0.4, -0.2) is 19.1 Å². The first-order chi connectivity index (χ1) is 8.91. The van der Waals surface area contributed by atoms with Crippen molar-refractivity contribution in [3.8, 4) is 0 Å². The summed E-state index contributed by atoms with van der Waals surface area (Å²) < 4.78 is 4.75. The summed E-state index contributed by atoms with van der Waals surface area (Å²) in [5.74, 6) is 0.361. The summed E-state index contributed by atoms with van der Waals surface area (Å²) in [5, 5.41) is 3.56. The van der Waals surface area contributed by atoms with Crippen molar-refractivity contribution in [3.05, 3.63) is 29.8 Å². The number of benzene rings is 1. The van der Waals surface area contributed by atoms with Crippen molar-refractivity contribution in [2.45, 2.75) is 39.7 Å². The largest absolute Gasteiger partial charge is 0.465 e. The molecule has 1 N–H and O–H groups in total. The van der Waals surface area contributed by atoms with Crippen LogP contribution in [0.25, 0.3) is 0 Å². The molecule has 0 aromatic heterocycles. The van der Waals surface area contributed by atoms with Crippen LogP contribution in [0.4, 0.5) is 5.69 Å². The summed E-state index contributed by atoms with van der Waals surface area (Å²) in [6.07, 6.45) is 2.40. The minimum Gasteiger partial charge on any atom is -0.465 e. The lowest BCUT2D eigenvalue weighted by molar-refractivity contribution is 0.0601. The zero-order valence-corrected chi connectivity index (χ0v) is 12.2. The standard InChI is InChI=1S/C16H23NO2/c1-11-9-16(2,3)10-14(11)17-13-7-5-6-12(8-13)15(18)19-4/h5-8,11,14,17H,9-10H2,1-4H3. The van der Waals surface area contributed by atoms with E-state index in [0.29, 0.717) is 22.9 Å². The van der Waals surface area contributed by atoms with Crippen LogP contribution >= 0.6 is 0 Å². The predicted octanol–water partition coefficient (Wildman–Crippen LogP) is 3.71. The van der Waals surface area contributed by atoms with Gasteiger partial charge in [0.1, 0.15) is 0 Å². The summed E-state index contributed by atoms with van der Waals surface area (Å²) in [7, 11) is 1.41. The lowest BCUT2D eigenvalue weighted by Gasteiger charge is -2.20. The van der Waals surface area contributed by atoms with Crippen molar-refractivity contribution in [3.63, 3.8) is 0 Å². The Hall–Kier alpha value is -1.51. The van der Waals surface area contributed by atoms with Gasteiger partial charge >= 0.3 is 5.97 Å². The number of carbonyl (C=O) groups is 1. The van der Waals surface area contributed by atoms with Crippen LogP contribution in [0, 0.1) is 11.3 Å². The molecule has 0 radical (unpaired) electrons. The maximum absolute atomic E-state index is 11.5. The van der Waals surface area contributed by atoms with E-state index in [4.69, 9.17) is 4.74 Å². The second-order valence-electron chi connectivity index (χ2n) is 6.37. The molecule has 2 unspecified atom stereocenters. The number of esters is 1. The van der Waals surface area contributed by atoms with E-state index < -0.39 is 0 Å². The molecular weight excluding hydrogens is 238 g/mol. The highest BCUT2D eigenvalue weighted by Gasteiger charge is 2.36. The fraction of sp³-hybridized carbons (Fsp3) is 0.562. The SMILES string of the molecule is COC(=O)c1cccc(NC2CC(C)(C)CC2C)c1. The van der Waals surface area contributed by atoms with Gasteiger partial charge in [0, 0.05) is 11.7 Å². The first-order valence-corrected chi connectivity index (χ1v) is 6.86. The zero-order valence-electron chi connectivity index (χ0n) is 12.2. The van der Waals surface area contributed by atoms with Gasteiger partial charge < -0.3 is 10.1 Å². The maximum atomic E-state index is 11.5. The van der Waals surface area contributed by atoms with E-state index in [1.807, 2.05) is 18.2 Å². The average Bonchev–Trinajstić information content (AvgIpc) is 2.61. The summed E-state index contributed by atoms with van der Waals surface area (Å²) in [4.78, 5) is 11.5. The lowest BCUT2D eigenvalue weighted by Crippen LogP contribution is -2.22. The first-order valence-electron chi connectivity index (χ1n) is 6.86. The van der Waals surface area contributed by atoms with Gasteiger partial charge in [-0.15, -0.1) is 0 Å². The third kappa shape index (κ3) is 3.28. The van der Waals surface area contributed by atoms with Crippen molar-refractivity contribution in [1.82, 2.24) is 0 Å². The van der Waals surface area contributed by atoms with Crippen molar-refractivity contribution < 1.29 is 9.53 Å². The smallest absolute Gasteiger partial charge is 0.337 e. The molecule has 3 nitrogen and oxygen atoms in total. The molecule has 2 atom stereocenters. The topological polar surface area (TPSA) is 38.3 Å². The van der Waals surface area contributed by atoms with Gasteiger partial charge in [0.05, 0.1) is 12.7 Å². The van der Waals surface area contributed by atoms with Gasteiger partial charge in [-0.1, -0.05) is 26.8 Å². The van der Waals surface area contributed by atoms with Crippen LogP contribution in [0.5, 0.6) is 0 Å². The van der Waals surface area contributed by atoms with Gasteiger partial charge in [-0.3, -0.25) is 0 Å². The van der Waals surface area contributed by atoms with Crippen molar-refractivity contribution in [2.75, 3.05) is 12.4 Å². The number of rotatable bonds is 3. The number of nitrogens with one attached hydrogen (secondary N) is 1. The molecule has 19 heavy (non-hydrogen) atoms. The fourth-order valence-corrected chi connectivity index (χ4v) is 3.15. The molecule has 0 saturated heterocycles. The lowest BCUT2D eigenvalue weighted by atomic mass is 9.91. The molecule has 1 aromatic rings. The molecule has 1 aliphatic carbocycles. The second-order valence-corrected chi connectivity index (χ2v) is 6.37. The Balaban J connectivity index is 2.10. The third-order valence-electron chi connectivity index (χ3n) is 3.97. The minimum atomic E-state index is -0.288. The number of carbonyl (C=O) groups excluding carboxylic acids is 1. The summed E-state index contributed by atoms with van der Waals surface area (Å²) >= 11 is 0. The number of ether oxygens (including phenoxy) is 1. The van der Waals surface area contributed by atoms with Gasteiger partial charge in [0.25, 0.3) is 0 Å². The number of methoxy groups -OCH3 is 1. The van der Waals surface area contributed by atoms with E-state index >= 15 is 0 Å². The first kappa shape index (κ1) is 13.9. The Bertz CT molecular complexity index is 468. The molecule has 1 aliphatic rings. The molecule has 1 fully saturated rings. The highest BCUT2D eigenvalue weighted by Crippen LogP contribution is 2.42. The zero-order chi connectivity index (χ0) is 14.0. The third-order valence-corrected chi connectivity index (χ3v) is 3.97. The van der Waals surface area contributed by atoms with Gasteiger partial charge in [0.2, 0.25) is 0 Å². The van der Waals surface area contributed by atoms with Crippen LogP contribution < -0.4 is 5.32 Å². The van der Waals surface area contributed by atoms with Gasteiger partial charge in [-0.25, -0.2) is 4.79 Å². The van der Waals surface area contributed by atoms with Crippen LogP contribution in [0.15, 0.2) is 24.3 Å². The van der Waals surface area contributed by atoms with E-state index in [0.717, 1.165) is 12.1 Å². The normalized spacial score (nSPS) is 25.1. The number of hydrogen-bond donors (Lipinski definition) is 1. The Morgan fingerprint density at radius 3 is 2.68 bits per heavy atom. The predicted molar refractivity (Wildman–Crippen MR) is 77.4 cm³/mol. The van der Waals surface area contributed by atoms with E-state index in [1.165, 1.54) is 13.5 Å². The number of anilines is 1. The molecule has 1 saturated carbocycles. The van der Waals surface area contributed by atoms with Crippen molar-refractivity contribution in [2.24, 2.45) is 11.3 Å². The highest BCUT2D eigenvalue weighted by molar-refractivity contribution is 5.90. The molecule has 0 aliphatic heterocycles. The van der Waals surface area contributed by atoms with E-state index in [9.17, 15) is 4.79 Å². The van der Waals surface area contributed by atoms with Crippen molar-refractivity contribution >= 4 is 11.7 Å². The van der Waals surface area contributed by atoms with Gasteiger partial charge in [-0.2, -0.15) is 0 Å². The monoisotopic (exact) mass is 261 g/mol. The Morgan fingerprint density at radius 2 is 2.11 bits per heavy atom. The van der Waals surface area contributed by atoms with Crippen LogP contribution in [0.3, 0.4) is 0 Å². The Kier molecular flexibility index (Phi) is 3.83. The maximum Gasteiger partial charge on any atom is 0.337 e. The van der Waals surface area contributed by atoms with E-state index in [-0.39, 0.29) is 5.97 Å². The quantitative estimate of drug-likeness (QED) is 0.843. The van der Waals surface area contributed by atoms with Crippen LogP contribution in [0.2, 0.25) is 0 Å². The molecule has 2 rings (SSSR count). The minimum absolute atomic E-state index is 0.288. The van der Waals surface area contributed by atoms with Crippen LogP contribution in [-0.2, 0) is 4.74 Å². The molecule has 1 aromatic carbocycles. The van der Waals surface area contributed by atoms with E-state index in [1.54, 1.807) is 6.07 Å². The summed E-state index contributed by atoms with van der Waals surface area (Å²) in [6.45, 7) is 6.92. The molecule has 0 bridgehead atoms. The van der Waals surface area contributed by atoms with Gasteiger partial charge in [-0.05, 0) is 42.4 Å². The molecular formula is C16H23NO2. The molecule has 3 heteroatoms. The number of hydrogen-bond acceptors (Lipinski definition) is 3. The Labute approximate surface area is 115 Å². The van der Waals surface area contributed by atoms with Crippen LogP contribution in [0.1, 0.15) is 44.0 Å². The van der Waals surface area contributed by atoms with Gasteiger partial charge in [0.15, 0.2) is 0 Å². The second kappa shape index (κ2) is 5.24. The summed E-state index contributed by atoms with van der Waals surface area (Å²) in [5.41, 5.74) is 1.99. The highest BCUT2D eigenvalue weighted by atomic mass is 16.5. The molecule has 0 heterocycles. The Morgan fingerprint density at radius 1 is 1.37 bits per heavy atom. The molecule has 104 valence electrons. The fourth-order valence-electron chi connectivity index (χ4n) is 3.15. The summed E-state index contributed by atoms with van der Waals surface area (Å²) in [6, 6.07) is 8.01. The van der Waals surface area contributed by atoms with Crippen molar-refractivity contribution in [1.29, 1.82) is 0 Å². The van der Waals surface area contributed by atoms with E-state index in [2.05, 4.69) is 26.1 Å². The average molecular weight is 261 g/mol.